The second kappa shape index (κ2) is 9.66. The number of nitrogens with one attached hydrogen (secondary N) is 2. The predicted molar refractivity (Wildman–Crippen MR) is 137 cm³/mol. The number of aromatic amines is 1. The number of H-pyrrole nitrogens is 1. The molecule has 0 bridgehead atoms. The highest BCUT2D eigenvalue weighted by molar-refractivity contribution is 5.99. The quantitative estimate of drug-likeness (QED) is 0.612. The highest BCUT2D eigenvalue weighted by Crippen LogP contribution is 2.23. The van der Waals surface area contributed by atoms with E-state index in [9.17, 15) is 14.4 Å². The van der Waals surface area contributed by atoms with Crippen LogP contribution in [0.25, 0.3) is 10.8 Å². The first kappa shape index (κ1) is 23.3. The molecule has 1 unspecified atom stereocenters. The van der Waals surface area contributed by atoms with E-state index in [1.807, 2.05) is 36.2 Å². The lowest BCUT2D eigenvalue weighted by atomic mass is 9.92. The van der Waals surface area contributed by atoms with Gasteiger partial charge in [0.1, 0.15) is 0 Å². The van der Waals surface area contributed by atoms with E-state index in [1.165, 1.54) is 11.6 Å². The average Bonchev–Trinajstić information content (AvgIpc) is 2.86. The number of fused-ring (bicyclic) bond motifs is 2. The highest BCUT2D eigenvalue weighted by Gasteiger charge is 2.30. The van der Waals surface area contributed by atoms with Gasteiger partial charge in [0, 0.05) is 49.1 Å². The number of hydrogen-bond donors (Lipinski definition) is 2. The van der Waals surface area contributed by atoms with Gasteiger partial charge >= 0.3 is 0 Å². The Kier molecular flexibility index (Phi) is 6.43. The van der Waals surface area contributed by atoms with Gasteiger partial charge in [-0.25, -0.2) is 0 Å². The summed E-state index contributed by atoms with van der Waals surface area (Å²) >= 11 is 0. The Hall–Kier alpha value is -3.45. The average molecular weight is 473 g/mol. The van der Waals surface area contributed by atoms with E-state index >= 15 is 0 Å². The molecule has 2 aliphatic rings. The Bertz CT molecular complexity index is 1350. The van der Waals surface area contributed by atoms with Gasteiger partial charge in [-0.15, -0.1) is 0 Å². The van der Waals surface area contributed by atoms with Crippen LogP contribution in [-0.2, 0) is 12.8 Å². The number of aromatic nitrogens is 1. The van der Waals surface area contributed by atoms with Crippen LogP contribution in [0.1, 0.15) is 50.4 Å². The molecule has 7 nitrogen and oxygen atoms in total. The van der Waals surface area contributed by atoms with Crippen molar-refractivity contribution in [1.29, 1.82) is 0 Å². The normalized spacial score (nSPS) is 18.3. The zero-order valence-electron chi connectivity index (χ0n) is 20.4. The third kappa shape index (κ3) is 4.86. The van der Waals surface area contributed by atoms with Gasteiger partial charge in [0.25, 0.3) is 11.8 Å². The molecule has 1 aromatic heterocycles. The summed E-state index contributed by atoms with van der Waals surface area (Å²) in [5.41, 5.74) is 3.91. The van der Waals surface area contributed by atoms with E-state index in [1.54, 1.807) is 0 Å². The lowest BCUT2D eigenvalue weighted by Crippen LogP contribution is -2.57. The van der Waals surface area contributed by atoms with Crippen molar-refractivity contribution in [2.75, 3.05) is 33.2 Å². The number of pyridine rings is 1. The fraction of sp³-hybridized carbons (Fsp3) is 0.393. The van der Waals surface area contributed by atoms with E-state index in [2.05, 4.69) is 34.3 Å². The molecular weight excluding hydrogens is 440 g/mol. The number of aryl methyl sites for hydroxylation is 2. The number of amides is 2. The smallest absolute Gasteiger partial charge is 0.254 e. The molecule has 0 spiro atoms. The van der Waals surface area contributed by atoms with E-state index in [0.29, 0.717) is 30.8 Å². The summed E-state index contributed by atoms with van der Waals surface area (Å²) in [5.74, 6) is -0.260. The lowest BCUT2D eigenvalue weighted by molar-refractivity contribution is 0.0492. The molecule has 1 saturated heterocycles. The van der Waals surface area contributed by atoms with Crippen molar-refractivity contribution in [3.8, 4) is 0 Å². The van der Waals surface area contributed by atoms with Crippen LogP contribution in [0.2, 0.25) is 0 Å². The summed E-state index contributed by atoms with van der Waals surface area (Å²) in [6, 6.07) is 13.3. The molecule has 2 heterocycles. The van der Waals surface area contributed by atoms with Gasteiger partial charge < -0.3 is 20.1 Å². The minimum absolute atomic E-state index is 0.0200. The topological polar surface area (TPSA) is 85.5 Å². The summed E-state index contributed by atoms with van der Waals surface area (Å²) in [5, 5.41) is 5.18. The van der Waals surface area contributed by atoms with Gasteiger partial charge in [-0.05, 0) is 68.1 Å². The van der Waals surface area contributed by atoms with Crippen molar-refractivity contribution < 1.29 is 9.59 Å². The minimum atomic E-state index is -0.240. The van der Waals surface area contributed by atoms with Crippen LogP contribution in [-0.4, -0.2) is 65.9 Å². The molecule has 7 heteroatoms. The molecule has 2 aromatic carbocycles. The maximum Gasteiger partial charge on any atom is 0.254 e. The molecule has 1 aliphatic heterocycles. The summed E-state index contributed by atoms with van der Waals surface area (Å²) in [6.45, 7) is 4.45. The van der Waals surface area contributed by atoms with Crippen molar-refractivity contribution in [2.24, 2.45) is 0 Å². The first-order chi connectivity index (χ1) is 16.9. The number of carbonyl (C=O) groups excluding carboxylic acids is 2. The number of carbonyl (C=O) groups is 2. The van der Waals surface area contributed by atoms with Crippen LogP contribution < -0.4 is 10.9 Å². The van der Waals surface area contributed by atoms with E-state index in [-0.39, 0.29) is 23.4 Å². The number of nitrogens with zero attached hydrogens (tertiary/aromatic N) is 2. The van der Waals surface area contributed by atoms with Crippen LogP contribution in [0.15, 0.2) is 47.3 Å². The van der Waals surface area contributed by atoms with Crippen molar-refractivity contribution in [1.82, 2.24) is 20.1 Å². The van der Waals surface area contributed by atoms with E-state index in [4.69, 9.17) is 0 Å². The number of piperazine rings is 1. The minimum Gasteiger partial charge on any atom is -0.350 e. The summed E-state index contributed by atoms with van der Waals surface area (Å²) in [7, 11) is 2.03. The lowest BCUT2D eigenvalue weighted by Gasteiger charge is -2.40. The second-order valence-electron chi connectivity index (χ2n) is 9.90. The molecule has 1 aliphatic carbocycles. The van der Waals surface area contributed by atoms with E-state index in [0.717, 1.165) is 54.3 Å². The van der Waals surface area contributed by atoms with Gasteiger partial charge in [-0.3, -0.25) is 14.4 Å². The van der Waals surface area contributed by atoms with E-state index < -0.39 is 0 Å². The van der Waals surface area contributed by atoms with Crippen molar-refractivity contribution in [3.05, 3.63) is 80.8 Å². The van der Waals surface area contributed by atoms with Gasteiger partial charge in [0.15, 0.2) is 0 Å². The highest BCUT2D eigenvalue weighted by atomic mass is 16.2. The molecule has 0 saturated carbocycles. The fourth-order valence-corrected chi connectivity index (χ4v) is 5.37. The number of hydrogen-bond acceptors (Lipinski definition) is 4. The first-order valence-electron chi connectivity index (χ1n) is 12.4. The molecule has 3 aromatic rings. The maximum absolute atomic E-state index is 13.5. The zero-order chi connectivity index (χ0) is 24.5. The van der Waals surface area contributed by atoms with Gasteiger partial charge in [0.2, 0.25) is 5.56 Å². The van der Waals surface area contributed by atoms with Gasteiger partial charge in [-0.2, -0.15) is 0 Å². The molecule has 0 radical (unpaired) electrons. The Balaban J connectivity index is 1.34. The summed E-state index contributed by atoms with van der Waals surface area (Å²) in [6.07, 6.45) is 3.63. The molecule has 35 heavy (non-hydrogen) atoms. The predicted octanol–water partition coefficient (Wildman–Crippen LogP) is 2.90. The number of benzene rings is 2. The molecule has 5 rings (SSSR count). The Labute approximate surface area is 205 Å². The molecule has 2 N–H and O–H groups in total. The Morgan fingerprint density at radius 1 is 1.03 bits per heavy atom. The number of rotatable bonds is 4. The summed E-state index contributed by atoms with van der Waals surface area (Å²) in [4.78, 5) is 45.7. The third-order valence-electron chi connectivity index (χ3n) is 7.27. The van der Waals surface area contributed by atoms with Crippen LogP contribution in [0.3, 0.4) is 0 Å². The van der Waals surface area contributed by atoms with Crippen LogP contribution in [0.5, 0.6) is 0 Å². The molecule has 1 atom stereocenters. The van der Waals surface area contributed by atoms with Gasteiger partial charge in [0.05, 0.1) is 6.04 Å². The van der Waals surface area contributed by atoms with Crippen LogP contribution in [0, 0.1) is 6.92 Å². The van der Waals surface area contributed by atoms with Gasteiger partial charge in [-0.1, -0.05) is 29.8 Å². The molecular formula is C28H32N4O3. The Morgan fingerprint density at radius 2 is 1.80 bits per heavy atom. The number of likely N-dealkylation sites (N-methyl/N-ethyl adjacent to an activating group) is 1. The van der Waals surface area contributed by atoms with Crippen LogP contribution in [0.4, 0.5) is 0 Å². The maximum atomic E-state index is 13.5. The van der Waals surface area contributed by atoms with Crippen molar-refractivity contribution in [2.45, 2.75) is 38.6 Å². The SMILES string of the molecule is Cc1ccc2cc(C(=O)N3CCN(C)CC3CNC(=O)c3cc(=O)[nH]c4c3CCCC4)ccc2c1. The van der Waals surface area contributed by atoms with Crippen LogP contribution >= 0.6 is 0 Å². The monoisotopic (exact) mass is 472 g/mol. The Morgan fingerprint density at radius 3 is 2.66 bits per heavy atom. The second-order valence-corrected chi connectivity index (χ2v) is 9.90. The molecule has 1 fully saturated rings. The third-order valence-corrected chi connectivity index (χ3v) is 7.27. The van der Waals surface area contributed by atoms with Crippen molar-refractivity contribution >= 4 is 22.6 Å². The van der Waals surface area contributed by atoms with Crippen molar-refractivity contribution in [3.63, 3.8) is 0 Å². The largest absolute Gasteiger partial charge is 0.350 e. The molecule has 182 valence electrons. The standard InChI is InChI=1S/C28H32N4O3/c1-18-7-8-20-14-21(10-9-19(20)13-18)28(35)32-12-11-31(2)17-22(32)16-29-27(34)24-15-26(33)30-25-6-4-3-5-23(24)25/h7-10,13-15,22H,3-6,11-12,16-17H2,1-2H3,(H,29,34)(H,30,33). The first-order valence-corrected chi connectivity index (χ1v) is 12.4. The zero-order valence-corrected chi connectivity index (χ0v) is 20.4. The fourth-order valence-electron chi connectivity index (χ4n) is 5.37. The molecule has 2 amide bonds. The summed E-state index contributed by atoms with van der Waals surface area (Å²) < 4.78 is 0.